The summed E-state index contributed by atoms with van der Waals surface area (Å²) in [5, 5.41) is 20.4. The standard InChI is InChI=1S/C14H13NO2.C8H15NO2/c16-14(17)11-15(12-7-3-1-4-8-12)13-9-5-2-6-10-13;10-8(11)6-9-7-4-2-1-3-5-7/h1-10H,11H2,(H,16,17);7,9H,1-6H2,(H,10,11). The van der Waals surface area contributed by atoms with E-state index in [1.54, 1.807) is 4.90 Å². The van der Waals surface area contributed by atoms with Crippen molar-refractivity contribution in [2.75, 3.05) is 18.0 Å². The minimum absolute atomic E-state index is 0.0476. The van der Waals surface area contributed by atoms with E-state index in [1.807, 2.05) is 60.7 Å². The van der Waals surface area contributed by atoms with Crippen LogP contribution in [-0.4, -0.2) is 41.3 Å². The largest absolute Gasteiger partial charge is 0.480 e. The summed E-state index contributed by atoms with van der Waals surface area (Å²) in [6.07, 6.45) is 6.10. The summed E-state index contributed by atoms with van der Waals surface area (Å²) in [6, 6.07) is 19.5. The number of carboxylic acids is 2. The van der Waals surface area contributed by atoms with Gasteiger partial charge in [-0.2, -0.15) is 0 Å². The number of carboxylic acid groups (broad SMARTS) is 2. The third kappa shape index (κ3) is 7.80. The lowest BCUT2D eigenvalue weighted by Gasteiger charge is -2.22. The quantitative estimate of drug-likeness (QED) is 0.671. The minimum atomic E-state index is -0.849. The second-order valence-electron chi connectivity index (χ2n) is 6.76. The number of carbonyl (C=O) groups is 2. The predicted molar refractivity (Wildman–Crippen MR) is 110 cm³/mol. The van der Waals surface area contributed by atoms with Gasteiger partial charge in [-0.3, -0.25) is 9.59 Å². The van der Waals surface area contributed by atoms with Gasteiger partial charge in [0, 0.05) is 17.4 Å². The zero-order valence-corrected chi connectivity index (χ0v) is 16.0. The fourth-order valence-electron chi connectivity index (χ4n) is 3.22. The van der Waals surface area contributed by atoms with E-state index in [1.165, 1.54) is 19.3 Å². The summed E-state index contributed by atoms with van der Waals surface area (Å²) < 4.78 is 0. The van der Waals surface area contributed by atoms with Crippen LogP contribution in [0.1, 0.15) is 32.1 Å². The maximum atomic E-state index is 10.9. The van der Waals surface area contributed by atoms with Crippen LogP contribution < -0.4 is 10.2 Å². The molecule has 3 rings (SSSR count). The van der Waals surface area contributed by atoms with Crippen molar-refractivity contribution in [1.29, 1.82) is 0 Å². The first-order chi connectivity index (χ1) is 13.6. The molecule has 2 aromatic carbocycles. The molecule has 0 unspecified atom stereocenters. The fourth-order valence-corrected chi connectivity index (χ4v) is 3.22. The number of nitrogens with zero attached hydrogens (tertiary/aromatic N) is 1. The molecule has 1 saturated carbocycles. The van der Waals surface area contributed by atoms with Gasteiger partial charge in [0.2, 0.25) is 0 Å². The molecule has 0 atom stereocenters. The zero-order valence-electron chi connectivity index (χ0n) is 16.0. The van der Waals surface area contributed by atoms with E-state index in [0.29, 0.717) is 6.04 Å². The molecule has 2 aromatic rings. The van der Waals surface area contributed by atoms with Crippen molar-refractivity contribution in [3.63, 3.8) is 0 Å². The van der Waals surface area contributed by atoms with Gasteiger partial charge in [0.05, 0.1) is 6.54 Å². The van der Waals surface area contributed by atoms with Gasteiger partial charge in [-0.1, -0.05) is 55.7 Å². The second-order valence-corrected chi connectivity index (χ2v) is 6.76. The Morgan fingerprint density at radius 1 is 0.821 bits per heavy atom. The number of anilines is 2. The lowest BCUT2D eigenvalue weighted by atomic mass is 9.96. The molecule has 1 fully saturated rings. The first-order valence-electron chi connectivity index (χ1n) is 9.61. The van der Waals surface area contributed by atoms with Gasteiger partial charge in [-0.15, -0.1) is 0 Å². The lowest BCUT2D eigenvalue weighted by Crippen LogP contribution is -2.34. The Morgan fingerprint density at radius 2 is 1.32 bits per heavy atom. The van der Waals surface area contributed by atoms with Crippen molar-refractivity contribution in [2.45, 2.75) is 38.1 Å². The molecule has 0 radical (unpaired) electrons. The van der Waals surface area contributed by atoms with Gasteiger partial charge in [-0.05, 0) is 37.1 Å². The van der Waals surface area contributed by atoms with Crippen LogP contribution in [-0.2, 0) is 9.59 Å². The number of rotatable bonds is 7. The number of hydrogen-bond donors (Lipinski definition) is 3. The average molecular weight is 384 g/mol. The van der Waals surface area contributed by atoms with Gasteiger partial charge in [0.25, 0.3) is 0 Å². The number of aliphatic carboxylic acids is 2. The molecule has 0 heterocycles. The highest BCUT2D eigenvalue weighted by molar-refractivity contribution is 5.78. The third-order valence-electron chi connectivity index (χ3n) is 4.58. The third-order valence-corrected chi connectivity index (χ3v) is 4.58. The molecular formula is C22H28N2O4. The van der Waals surface area contributed by atoms with Crippen molar-refractivity contribution >= 4 is 23.3 Å². The maximum Gasteiger partial charge on any atom is 0.323 e. The highest BCUT2D eigenvalue weighted by Crippen LogP contribution is 2.24. The first-order valence-corrected chi connectivity index (χ1v) is 9.61. The Balaban J connectivity index is 0.000000221. The van der Waals surface area contributed by atoms with Crippen LogP contribution in [0.15, 0.2) is 60.7 Å². The number of hydrogen-bond acceptors (Lipinski definition) is 4. The Morgan fingerprint density at radius 3 is 1.75 bits per heavy atom. The number of para-hydroxylation sites is 2. The van der Waals surface area contributed by atoms with Crippen molar-refractivity contribution < 1.29 is 19.8 Å². The summed E-state index contributed by atoms with van der Waals surface area (Å²) in [6.45, 7) is 0.0681. The van der Waals surface area contributed by atoms with Crippen molar-refractivity contribution in [3.05, 3.63) is 60.7 Å². The average Bonchev–Trinajstić information content (AvgIpc) is 2.73. The van der Waals surface area contributed by atoms with Crippen LogP contribution in [0, 0.1) is 0 Å². The Bertz CT molecular complexity index is 676. The Kier molecular flexibility index (Phi) is 9.01. The van der Waals surface area contributed by atoms with Gasteiger partial charge < -0.3 is 20.4 Å². The van der Waals surface area contributed by atoms with Crippen LogP contribution in [0.4, 0.5) is 11.4 Å². The predicted octanol–water partition coefficient (Wildman–Crippen LogP) is 3.90. The van der Waals surface area contributed by atoms with E-state index in [2.05, 4.69) is 5.32 Å². The molecule has 6 nitrogen and oxygen atoms in total. The first kappa shape index (κ1) is 21.4. The normalized spacial score (nSPS) is 13.9. The molecule has 0 spiro atoms. The van der Waals surface area contributed by atoms with E-state index in [4.69, 9.17) is 10.2 Å². The molecule has 0 amide bonds. The van der Waals surface area contributed by atoms with Crippen molar-refractivity contribution in [2.24, 2.45) is 0 Å². The Hall–Kier alpha value is -2.86. The minimum Gasteiger partial charge on any atom is -0.480 e. The molecule has 0 saturated heterocycles. The lowest BCUT2D eigenvalue weighted by molar-refractivity contribution is -0.136. The van der Waals surface area contributed by atoms with Crippen LogP contribution >= 0.6 is 0 Å². The van der Waals surface area contributed by atoms with Crippen molar-refractivity contribution in [1.82, 2.24) is 5.32 Å². The second kappa shape index (κ2) is 11.8. The SMILES string of the molecule is O=C(O)CN(c1ccccc1)c1ccccc1.O=C(O)CNC1CCCCC1. The topological polar surface area (TPSA) is 89.9 Å². The molecule has 3 N–H and O–H groups in total. The molecule has 150 valence electrons. The summed E-state index contributed by atoms with van der Waals surface area (Å²) in [5.41, 5.74) is 1.75. The van der Waals surface area contributed by atoms with Gasteiger partial charge in [0.15, 0.2) is 0 Å². The molecule has 6 heteroatoms. The molecular weight excluding hydrogens is 356 g/mol. The van der Waals surface area contributed by atoms with Gasteiger partial charge in [0.1, 0.15) is 6.54 Å². The number of benzene rings is 2. The Labute approximate surface area is 165 Å². The molecule has 0 aromatic heterocycles. The molecule has 28 heavy (non-hydrogen) atoms. The number of nitrogens with one attached hydrogen (secondary N) is 1. The molecule has 1 aliphatic carbocycles. The van der Waals surface area contributed by atoms with Crippen LogP contribution in [0.2, 0.25) is 0 Å². The van der Waals surface area contributed by atoms with E-state index < -0.39 is 11.9 Å². The zero-order chi connectivity index (χ0) is 20.2. The van der Waals surface area contributed by atoms with E-state index in [0.717, 1.165) is 24.2 Å². The van der Waals surface area contributed by atoms with E-state index in [-0.39, 0.29) is 13.1 Å². The van der Waals surface area contributed by atoms with Crippen molar-refractivity contribution in [3.8, 4) is 0 Å². The monoisotopic (exact) mass is 384 g/mol. The summed E-state index contributed by atoms with van der Waals surface area (Å²) in [7, 11) is 0. The van der Waals surface area contributed by atoms with Gasteiger partial charge >= 0.3 is 11.9 Å². The van der Waals surface area contributed by atoms with Gasteiger partial charge in [-0.25, -0.2) is 0 Å². The molecule has 0 aliphatic heterocycles. The van der Waals surface area contributed by atoms with E-state index >= 15 is 0 Å². The van der Waals surface area contributed by atoms with Crippen LogP contribution in [0.3, 0.4) is 0 Å². The fraction of sp³-hybridized carbons (Fsp3) is 0.364. The summed E-state index contributed by atoms with van der Waals surface area (Å²) in [5.74, 6) is -1.60. The van der Waals surface area contributed by atoms with Crippen LogP contribution in [0.5, 0.6) is 0 Å². The highest BCUT2D eigenvalue weighted by Gasteiger charge is 2.13. The molecule has 1 aliphatic rings. The highest BCUT2D eigenvalue weighted by atomic mass is 16.4. The molecule has 0 bridgehead atoms. The van der Waals surface area contributed by atoms with E-state index in [9.17, 15) is 9.59 Å². The smallest absolute Gasteiger partial charge is 0.323 e. The van der Waals surface area contributed by atoms with Crippen LogP contribution in [0.25, 0.3) is 0 Å². The maximum absolute atomic E-state index is 10.9. The summed E-state index contributed by atoms with van der Waals surface area (Å²) >= 11 is 0. The summed E-state index contributed by atoms with van der Waals surface area (Å²) in [4.78, 5) is 22.9.